The highest BCUT2D eigenvalue weighted by Gasteiger charge is 2.18. The van der Waals surface area contributed by atoms with Crippen LogP contribution in [0.1, 0.15) is 42.4 Å². The van der Waals surface area contributed by atoms with Crippen molar-refractivity contribution >= 4 is 45.7 Å². The molecule has 2 amide bonds. The first-order valence-corrected chi connectivity index (χ1v) is 12.6. The molecule has 39 heavy (non-hydrogen) atoms. The molecule has 10 heteroatoms. The second-order valence-electron chi connectivity index (χ2n) is 10.2. The molecule has 0 radical (unpaired) electrons. The fraction of sp³-hybridized carbons (Fsp3) is 0.172. The maximum atomic E-state index is 13.2. The van der Waals surface area contributed by atoms with Gasteiger partial charge < -0.3 is 15.6 Å². The Kier molecular flexibility index (Phi) is 6.84. The highest BCUT2D eigenvalue weighted by atomic mass is 35.5. The molecular formula is C29H26ClN5O4. The van der Waals surface area contributed by atoms with Crippen LogP contribution in [0.25, 0.3) is 22.3 Å². The van der Waals surface area contributed by atoms with Crippen LogP contribution in [0.2, 0.25) is 5.02 Å². The van der Waals surface area contributed by atoms with Crippen LogP contribution in [-0.4, -0.2) is 26.9 Å². The van der Waals surface area contributed by atoms with Crippen LogP contribution in [0.15, 0.2) is 76.0 Å². The van der Waals surface area contributed by atoms with Gasteiger partial charge in [-0.2, -0.15) is 0 Å². The lowest BCUT2D eigenvalue weighted by atomic mass is 9.86. The van der Waals surface area contributed by atoms with Gasteiger partial charge in [0.15, 0.2) is 5.82 Å². The summed E-state index contributed by atoms with van der Waals surface area (Å²) in [6.07, 6.45) is 0.221. The number of halogens is 1. The Balaban J connectivity index is 1.34. The van der Waals surface area contributed by atoms with Gasteiger partial charge in [0, 0.05) is 16.0 Å². The molecule has 9 nitrogen and oxygen atoms in total. The summed E-state index contributed by atoms with van der Waals surface area (Å²) in [6.45, 7) is 6.44. The molecule has 0 unspecified atom stereocenters. The van der Waals surface area contributed by atoms with E-state index in [4.69, 9.17) is 11.6 Å². The minimum absolute atomic E-state index is 0.0399. The van der Waals surface area contributed by atoms with Gasteiger partial charge in [0.1, 0.15) is 5.69 Å². The molecule has 198 valence electrons. The summed E-state index contributed by atoms with van der Waals surface area (Å²) < 4.78 is 4.59. The lowest BCUT2D eigenvalue weighted by Gasteiger charge is -2.19. The number of para-hydroxylation sites is 1. The normalized spacial score (nSPS) is 11.5. The Morgan fingerprint density at radius 2 is 1.72 bits per heavy atom. The number of nitrogens with one attached hydrogen (secondary N) is 4. The largest absolute Gasteiger partial charge is 0.439 e. The van der Waals surface area contributed by atoms with Crippen molar-refractivity contribution in [3.8, 4) is 11.4 Å². The van der Waals surface area contributed by atoms with Crippen molar-refractivity contribution in [3.63, 3.8) is 0 Å². The van der Waals surface area contributed by atoms with Crippen LogP contribution in [0.4, 0.5) is 11.4 Å². The van der Waals surface area contributed by atoms with Gasteiger partial charge in [-0.1, -0.05) is 73.9 Å². The number of carbonyl (C=O) groups excluding carboxylic acids is 2. The van der Waals surface area contributed by atoms with Gasteiger partial charge in [-0.3, -0.25) is 19.1 Å². The zero-order chi connectivity index (χ0) is 27.7. The minimum Gasteiger partial charge on any atom is -0.349 e. The SMILES string of the molecule is CC(C)(C)c1ccc(CC(=O)Nc2cccc3cc(C(=O)Nc4ccc(Cl)cc4-c4noc(=O)[nH]4)[nH]c23)cc1. The Labute approximate surface area is 228 Å². The average Bonchev–Trinajstić information content (AvgIpc) is 3.52. The Hall–Kier alpha value is -4.63. The molecule has 0 aliphatic carbocycles. The van der Waals surface area contributed by atoms with Crippen molar-refractivity contribution in [2.75, 3.05) is 10.6 Å². The maximum absolute atomic E-state index is 13.2. The molecule has 0 atom stereocenters. The van der Waals surface area contributed by atoms with Crippen LogP contribution < -0.4 is 16.4 Å². The molecule has 0 aliphatic heterocycles. The molecule has 0 bridgehead atoms. The van der Waals surface area contributed by atoms with E-state index < -0.39 is 11.7 Å². The molecule has 0 saturated heterocycles. The van der Waals surface area contributed by atoms with Crippen molar-refractivity contribution < 1.29 is 14.1 Å². The molecule has 2 heterocycles. The number of H-pyrrole nitrogens is 2. The maximum Gasteiger partial charge on any atom is 0.439 e. The zero-order valence-electron chi connectivity index (χ0n) is 21.5. The molecule has 0 fully saturated rings. The molecule has 4 N–H and O–H groups in total. The lowest BCUT2D eigenvalue weighted by Crippen LogP contribution is -2.15. The van der Waals surface area contributed by atoms with E-state index in [1.54, 1.807) is 30.3 Å². The minimum atomic E-state index is -0.727. The summed E-state index contributed by atoms with van der Waals surface area (Å²) >= 11 is 6.11. The van der Waals surface area contributed by atoms with E-state index in [-0.39, 0.29) is 29.3 Å². The molecule has 2 aromatic heterocycles. The van der Waals surface area contributed by atoms with Crippen LogP contribution in [0, 0.1) is 0 Å². The summed E-state index contributed by atoms with van der Waals surface area (Å²) in [4.78, 5) is 43.0. The molecule has 3 aromatic carbocycles. The first-order chi connectivity index (χ1) is 18.6. The summed E-state index contributed by atoms with van der Waals surface area (Å²) in [7, 11) is 0. The number of anilines is 2. The van der Waals surface area contributed by atoms with Crippen LogP contribution >= 0.6 is 11.6 Å². The summed E-state index contributed by atoms with van der Waals surface area (Å²) in [5.41, 5.74) is 4.38. The molecular weight excluding hydrogens is 518 g/mol. The van der Waals surface area contributed by atoms with E-state index in [0.29, 0.717) is 27.5 Å². The number of carbonyl (C=O) groups is 2. The number of hydrogen-bond acceptors (Lipinski definition) is 5. The average molecular weight is 544 g/mol. The quantitative estimate of drug-likeness (QED) is 0.212. The summed E-state index contributed by atoms with van der Waals surface area (Å²) in [5.74, 6) is -1.20. The highest BCUT2D eigenvalue weighted by Crippen LogP contribution is 2.30. The van der Waals surface area contributed by atoms with Gasteiger partial charge in [-0.25, -0.2) is 4.79 Å². The van der Waals surface area contributed by atoms with Gasteiger partial charge in [0.05, 0.1) is 23.3 Å². The van der Waals surface area contributed by atoms with E-state index in [1.165, 1.54) is 5.56 Å². The van der Waals surface area contributed by atoms with E-state index in [0.717, 1.165) is 10.9 Å². The molecule has 0 aliphatic rings. The second-order valence-corrected chi connectivity index (χ2v) is 10.6. The Bertz CT molecular complexity index is 1740. The number of hydrogen-bond donors (Lipinski definition) is 4. The van der Waals surface area contributed by atoms with Crippen molar-refractivity contribution in [1.29, 1.82) is 0 Å². The lowest BCUT2D eigenvalue weighted by molar-refractivity contribution is -0.115. The number of benzene rings is 3. The molecule has 5 rings (SSSR count). The van der Waals surface area contributed by atoms with Crippen LogP contribution in [0.5, 0.6) is 0 Å². The van der Waals surface area contributed by atoms with Crippen LogP contribution in [0.3, 0.4) is 0 Å². The number of aromatic amines is 2. The first-order valence-electron chi connectivity index (χ1n) is 12.2. The highest BCUT2D eigenvalue weighted by molar-refractivity contribution is 6.31. The molecule has 5 aromatic rings. The topological polar surface area (TPSA) is 133 Å². The predicted octanol–water partition coefficient (Wildman–Crippen LogP) is 5.90. The smallest absolute Gasteiger partial charge is 0.349 e. The third-order valence-electron chi connectivity index (χ3n) is 6.28. The predicted molar refractivity (Wildman–Crippen MR) is 151 cm³/mol. The van der Waals surface area contributed by atoms with Crippen molar-refractivity contribution in [2.45, 2.75) is 32.6 Å². The van der Waals surface area contributed by atoms with Crippen molar-refractivity contribution in [1.82, 2.24) is 15.1 Å². The molecule has 0 saturated carbocycles. The van der Waals surface area contributed by atoms with Crippen molar-refractivity contribution in [2.24, 2.45) is 0 Å². The fourth-order valence-electron chi connectivity index (χ4n) is 4.24. The number of fused-ring (bicyclic) bond motifs is 1. The van der Waals surface area contributed by atoms with E-state index in [9.17, 15) is 14.4 Å². The monoisotopic (exact) mass is 543 g/mol. The Morgan fingerprint density at radius 1 is 0.949 bits per heavy atom. The second kappa shape index (κ2) is 10.3. The van der Waals surface area contributed by atoms with E-state index in [2.05, 4.69) is 51.1 Å². The number of aromatic nitrogens is 3. The Morgan fingerprint density at radius 3 is 2.41 bits per heavy atom. The van der Waals surface area contributed by atoms with E-state index in [1.807, 2.05) is 36.4 Å². The zero-order valence-corrected chi connectivity index (χ0v) is 22.3. The van der Waals surface area contributed by atoms with Crippen molar-refractivity contribution in [3.05, 3.63) is 99.1 Å². The van der Waals surface area contributed by atoms with Gasteiger partial charge in [0.25, 0.3) is 5.91 Å². The summed E-state index contributed by atoms with van der Waals surface area (Å²) in [6, 6.07) is 19.9. The first kappa shape index (κ1) is 26.0. The van der Waals surface area contributed by atoms with E-state index >= 15 is 0 Å². The fourth-order valence-corrected chi connectivity index (χ4v) is 4.41. The van der Waals surface area contributed by atoms with Crippen LogP contribution in [-0.2, 0) is 16.6 Å². The molecule has 0 spiro atoms. The van der Waals surface area contributed by atoms with Gasteiger partial charge in [-0.05, 0) is 46.9 Å². The summed E-state index contributed by atoms with van der Waals surface area (Å²) in [5, 5.41) is 10.6. The number of rotatable bonds is 6. The van der Waals surface area contributed by atoms with Gasteiger partial charge in [-0.15, -0.1) is 0 Å². The number of nitrogens with zero attached hydrogens (tertiary/aromatic N) is 1. The third-order valence-corrected chi connectivity index (χ3v) is 6.52. The standard InChI is InChI=1S/C29H26ClN5O4/c1-29(2,3)18-9-7-16(8-10-18)13-24(36)31-22-6-4-5-17-14-23(32-25(17)22)27(37)33-21-12-11-19(30)15-20(21)26-34-28(38)39-35-26/h4-12,14-15,32H,13H2,1-3H3,(H,31,36)(H,33,37)(H,34,35,38). The van der Waals surface area contributed by atoms with Gasteiger partial charge >= 0.3 is 5.76 Å². The number of amides is 2. The third kappa shape index (κ3) is 5.78. The van der Waals surface area contributed by atoms with Gasteiger partial charge in [0.2, 0.25) is 5.91 Å².